The Morgan fingerprint density at radius 3 is 2.56 bits per heavy atom. The number of primary amides is 1. The third-order valence-corrected chi connectivity index (χ3v) is 4.54. The van der Waals surface area contributed by atoms with Crippen molar-refractivity contribution < 1.29 is 9.59 Å². The van der Waals surface area contributed by atoms with E-state index in [0.717, 1.165) is 29.8 Å². The molecule has 1 unspecified atom stereocenters. The number of nitrogens with one attached hydrogen (secondary N) is 1. The Morgan fingerprint density at radius 1 is 1.08 bits per heavy atom. The van der Waals surface area contributed by atoms with E-state index in [-0.39, 0.29) is 18.2 Å². The second kappa shape index (κ2) is 7.83. The fourth-order valence-electron chi connectivity index (χ4n) is 3.26. The molecule has 0 bridgehead atoms. The van der Waals surface area contributed by atoms with Crippen molar-refractivity contribution in [2.24, 2.45) is 5.73 Å². The molecule has 2 aromatic rings. The van der Waals surface area contributed by atoms with Crippen molar-refractivity contribution in [2.45, 2.75) is 25.3 Å². The van der Waals surface area contributed by atoms with Gasteiger partial charge in [0.1, 0.15) is 0 Å². The molecule has 0 fully saturated rings. The molecule has 5 nitrogen and oxygen atoms in total. The zero-order valence-corrected chi connectivity index (χ0v) is 14.2. The van der Waals surface area contributed by atoms with E-state index in [9.17, 15) is 9.59 Å². The van der Waals surface area contributed by atoms with Gasteiger partial charge in [-0.3, -0.25) is 9.59 Å². The normalized spacial score (nSPS) is 15.8. The molecule has 0 aliphatic carbocycles. The Balaban J connectivity index is 1.82. The first-order valence-corrected chi connectivity index (χ1v) is 8.59. The lowest BCUT2D eigenvalue weighted by Crippen LogP contribution is -2.38. The molecule has 0 aromatic heterocycles. The number of hydrogen-bond donors (Lipinski definition) is 2. The third-order valence-electron chi connectivity index (χ3n) is 4.54. The van der Waals surface area contributed by atoms with Crippen LogP contribution in [0.1, 0.15) is 29.9 Å². The summed E-state index contributed by atoms with van der Waals surface area (Å²) in [6.45, 7) is 1.59. The first-order chi connectivity index (χ1) is 12.1. The topological polar surface area (TPSA) is 75.4 Å². The smallest absolute Gasteiger partial charge is 0.230 e. The number of rotatable bonds is 6. The van der Waals surface area contributed by atoms with Crippen LogP contribution in [0.25, 0.3) is 0 Å². The van der Waals surface area contributed by atoms with Gasteiger partial charge in [0.25, 0.3) is 0 Å². The molecule has 1 atom stereocenters. The number of hydrogen-bond acceptors (Lipinski definition) is 3. The fourth-order valence-corrected chi connectivity index (χ4v) is 3.26. The van der Waals surface area contributed by atoms with Gasteiger partial charge in [-0.05, 0) is 23.6 Å². The second-order valence-corrected chi connectivity index (χ2v) is 6.32. The quantitative estimate of drug-likeness (QED) is 0.850. The molecule has 3 rings (SSSR count). The van der Waals surface area contributed by atoms with Crippen LogP contribution in [0, 0.1) is 0 Å². The highest BCUT2D eigenvalue weighted by Crippen LogP contribution is 2.33. The van der Waals surface area contributed by atoms with E-state index in [1.165, 1.54) is 0 Å². The minimum absolute atomic E-state index is 0.0547. The van der Waals surface area contributed by atoms with E-state index in [0.29, 0.717) is 13.1 Å². The molecule has 25 heavy (non-hydrogen) atoms. The number of fused-ring (bicyclic) bond motifs is 1. The zero-order valence-electron chi connectivity index (χ0n) is 14.2. The summed E-state index contributed by atoms with van der Waals surface area (Å²) < 4.78 is 0. The van der Waals surface area contributed by atoms with Gasteiger partial charge in [0.05, 0.1) is 5.92 Å². The van der Waals surface area contributed by atoms with Crippen LogP contribution < -0.4 is 11.1 Å². The standard InChI is InChI=1S/C20H23N3O2/c21-19(24)11-13-23(14-15-6-2-1-3-7-15)20(25)17-10-12-22-18-9-5-4-8-16(17)18/h1-9,17,22H,10-14H2,(H2,21,24). The number of amides is 2. The van der Waals surface area contributed by atoms with Gasteiger partial charge >= 0.3 is 0 Å². The van der Waals surface area contributed by atoms with E-state index in [4.69, 9.17) is 5.73 Å². The molecule has 1 heterocycles. The molecule has 5 heteroatoms. The highest BCUT2D eigenvalue weighted by Gasteiger charge is 2.30. The van der Waals surface area contributed by atoms with Crippen LogP contribution in [0.5, 0.6) is 0 Å². The summed E-state index contributed by atoms with van der Waals surface area (Å²) in [7, 11) is 0. The SMILES string of the molecule is NC(=O)CCN(Cc1ccccc1)C(=O)C1CCNc2ccccc21. The molecule has 2 amide bonds. The maximum atomic E-state index is 13.2. The Bertz CT molecular complexity index is 746. The molecular weight excluding hydrogens is 314 g/mol. The molecule has 2 aromatic carbocycles. The minimum Gasteiger partial charge on any atom is -0.385 e. The largest absolute Gasteiger partial charge is 0.385 e. The van der Waals surface area contributed by atoms with Crippen molar-refractivity contribution in [1.29, 1.82) is 0 Å². The van der Waals surface area contributed by atoms with E-state index in [1.54, 1.807) is 4.90 Å². The monoisotopic (exact) mass is 337 g/mol. The highest BCUT2D eigenvalue weighted by atomic mass is 16.2. The Labute approximate surface area is 147 Å². The van der Waals surface area contributed by atoms with Crippen molar-refractivity contribution in [3.05, 3.63) is 65.7 Å². The maximum absolute atomic E-state index is 13.2. The zero-order chi connectivity index (χ0) is 17.6. The number of carbonyl (C=O) groups excluding carboxylic acids is 2. The van der Waals surface area contributed by atoms with Crippen LogP contribution in [0.4, 0.5) is 5.69 Å². The number of para-hydroxylation sites is 1. The van der Waals surface area contributed by atoms with E-state index >= 15 is 0 Å². The van der Waals surface area contributed by atoms with Gasteiger partial charge in [-0.1, -0.05) is 48.5 Å². The Morgan fingerprint density at radius 2 is 1.80 bits per heavy atom. The molecule has 0 radical (unpaired) electrons. The maximum Gasteiger partial charge on any atom is 0.230 e. The van der Waals surface area contributed by atoms with Gasteiger partial charge in [0.2, 0.25) is 11.8 Å². The fraction of sp³-hybridized carbons (Fsp3) is 0.300. The van der Waals surface area contributed by atoms with Crippen molar-refractivity contribution in [1.82, 2.24) is 4.90 Å². The summed E-state index contributed by atoms with van der Waals surface area (Å²) in [5.41, 5.74) is 8.39. The predicted octanol–water partition coefficient (Wildman–Crippen LogP) is 2.49. The van der Waals surface area contributed by atoms with Crippen LogP contribution in [-0.4, -0.2) is 29.8 Å². The molecular formula is C20H23N3O2. The van der Waals surface area contributed by atoms with Crippen LogP contribution in [-0.2, 0) is 16.1 Å². The highest BCUT2D eigenvalue weighted by molar-refractivity contribution is 5.87. The summed E-state index contributed by atoms with van der Waals surface area (Å²) in [6, 6.07) is 17.7. The first kappa shape index (κ1) is 17.0. The van der Waals surface area contributed by atoms with E-state index < -0.39 is 5.91 Å². The number of nitrogens with two attached hydrogens (primary N) is 1. The first-order valence-electron chi connectivity index (χ1n) is 8.59. The van der Waals surface area contributed by atoms with Gasteiger partial charge in [-0.15, -0.1) is 0 Å². The molecule has 0 saturated heterocycles. The van der Waals surface area contributed by atoms with Gasteiger partial charge in [0, 0.05) is 31.7 Å². The minimum atomic E-state index is -0.392. The van der Waals surface area contributed by atoms with Crippen LogP contribution >= 0.6 is 0 Å². The molecule has 130 valence electrons. The van der Waals surface area contributed by atoms with Gasteiger partial charge in [-0.25, -0.2) is 0 Å². The van der Waals surface area contributed by atoms with E-state index in [2.05, 4.69) is 5.32 Å². The number of nitrogens with zero attached hydrogens (tertiary/aromatic N) is 1. The summed E-state index contributed by atoms with van der Waals surface area (Å²) >= 11 is 0. The lowest BCUT2D eigenvalue weighted by molar-refractivity contribution is -0.134. The van der Waals surface area contributed by atoms with E-state index in [1.807, 2.05) is 54.6 Å². The third kappa shape index (κ3) is 4.18. The van der Waals surface area contributed by atoms with Crippen LogP contribution in [0.3, 0.4) is 0 Å². The van der Waals surface area contributed by atoms with Crippen LogP contribution in [0.2, 0.25) is 0 Å². The molecule has 0 saturated carbocycles. The Kier molecular flexibility index (Phi) is 5.33. The number of benzene rings is 2. The summed E-state index contributed by atoms with van der Waals surface area (Å²) in [6.07, 6.45) is 0.920. The van der Waals surface area contributed by atoms with Crippen molar-refractivity contribution in [2.75, 3.05) is 18.4 Å². The number of anilines is 1. The lowest BCUT2D eigenvalue weighted by atomic mass is 9.89. The average Bonchev–Trinajstić information content (AvgIpc) is 2.65. The van der Waals surface area contributed by atoms with Crippen molar-refractivity contribution in [3.8, 4) is 0 Å². The summed E-state index contributed by atoms with van der Waals surface area (Å²) in [5.74, 6) is -0.523. The summed E-state index contributed by atoms with van der Waals surface area (Å²) in [5, 5.41) is 3.34. The molecule has 1 aliphatic rings. The van der Waals surface area contributed by atoms with Gasteiger partial charge in [-0.2, -0.15) is 0 Å². The number of carbonyl (C=O) groups is 2. The van der Waals surface area contributed by atoms with Crippen molar-refractivity contribution in [3.63, 3.8) is 0 Å². The Hall–Kier alpha value is -2.82. The molecule has 0 spiro atoms. The average molecular weight is 337 g/mol. The lowest BCUT2D eigenvalue weighted by Gasteiger charge is -2.31. The van der Waals surface area contributed by atoms with Crippen molar-refractivity contribution >= 4 is 17.5 Å². The van der Waals surface area contributed by atoms with Gasteiger partial charge in [0.15, 0.2) is 0 Å². The molecule has 3 N–H and O–H groups in total. The second-order valence-electron chi connectivity index (χ2n) is 6.32. The predicted molar refractivity (Wildman–Crippen MR) is 98.0 cm³/mol. The molecule has 1 aliphatic heterocycles. The van der Waals surface area contributed by atoms with Crippen LogP contribution in [0.15, 0.2) is 54.6 Å². The van der Waals surface area contributed by atoms with Gasteiger partial charge < -0.3 is 16.0 Å². The summed E-state index contributed by atoms with van der Waals surface area (Å²) in [4.78, 5) is 26.2.